The highest BCUT2D eigenvalue weighted by atomic mass is 35.5. The fourth-order valence-corrected chi connectivity index (χ4v) is 1.70. The molecule has 1 aromatic carbocycles. The number of carbonyl (C=O) groups excluding carboxylic acids is 1. The van der Waals surface area contributed by atoms with E-state index in [9.17, 15) is 14.9 Å². The lowest BCUT2D eigenvalue weighted by Crippen LogP contribution is -2.30. The number of ether oxygens (including phenoxy) is 1. The van der Waals surface area contributed by atoms with Gasteiger partial charge >= 0.3 is 0 Å². The number of nitrogens with zero attached hydrogens (tertiary/aromatic N) is 2. The Bertz CT molecular complexity index is 479. The van der Waals surface area contributed by atoms with E-state index in [1.807, 2.05) is 6.92 Å². The Labute approximate surface area is 116 Å². The van der Waals surface area contributed by atoms with Crippen molar-refractivity contribution in [2.24, 2.45) is 0 Å². The molecule has 0 saturated heterocycles. The fourth-order valence-electron chi connectivity index (χ4n) is 1.44. The average Bonchev–Trinajstić information content (AvgIpc) is 2.37. The number of nitro benzene ring substituents is 1. The van der Waals surface area contributed by atoms with Crippen LogP contribution in [0.4, 0.5) is 5.69 Å². The first-order chi connectivity index (χ1) is 8.97. The average molecular weight is 287 g/mol. The maximum Gasteiger partial charge on any atom is 0.270 e. The molecule has 0 unspecified atom stereocenters. The van der Waals surface area contributed by atoms with Crippen molar-refractivity contribution >= 4 is 23.2 Å². The van der Waals surface area contributed by atoms with E-state index in [4.69, 9.17) is 16.3 Å². The van der Waals surface area contributed by atoms with Gasteiger partial charge in [0.2, 0.25) is 0 Å². The van der Waals surface area contributed by atoms with Gasteiger partial charge in [0.05, 0.1) is 22.1 Å². The number of carbonyl (C=O) groups is 1. The summed E-state index contributed by atoms with van der Waals surface area (Å²) in [5.74, 6) is -0.292. The minimum atomic E-state index is -0.557. The Morgan fingerprint density at radius 2 is 2.21 bits per heavy atom. The summed E-state index contributed by atoms with van der Waals surface area (Å²) < 4.78 is 5.15. The maximum absolute atomic E-state index is 12.1. The molecule has 6 nitrogen and oxygen atoms in total. The first kappa shape index (κ1) is 15.4. The molecule has 1 amide bonds. The van der Waals surface area contributed by atoms with Gasteiger partial charge in [-0.2, -0.15) is 0 Å². The topological polar surface area (TPSA) is 72.7 Å². The van der Waals surface area contributed by atoms with Gasteiger partial charge in [-0.1, -0.05) is 11.6 Å². The molecule has 0 aliphatic rings. The normalized spacial score (nSPS) is 10.3. The molecular weight excluding hydrogens is 272 g/mol. The zero-order chi connectivity index (χ0) is 14.4. The number of amides is 1. The van der Waals surface area contributed by atoms with Crippen molar-refractivity contribution in [3.63, 3.8) is 0 Å². The van der Waals surface area contributed by atoms with Crippen LogP contribution < -0.4 is 0 Å². The fraction of sp³-hybridized carbons (Fsp3) is 0.417. The summed E-state index contributed by atoms with van der Waals surface area (Å²) in [6.45, 7) is 3.32. The number of likely N-dealkylation sites (N-methyl/N-ethyl adjacent to an activating group) is 1. The molecular formula is C12H15ClN2O4. The van der Waals surface area contributed by atoms with E-state index in [1.54, 1.807) is 7.05 Å². The van der Waals surface area contributed by atoms with Crippen LogP contribution in [0, 0.1) is 10.1 Å². The lowest BCUT2D eigenvalue weighted by molar-refractivity contribution is -0.384. The van der Waals surface area contributed by atoms with Gasteiger partial charge in [0.15, 0.2) is 0 Å². The van der Waals surface area contributed by atoms with Crippen LogP contribution in [0.3, 0.4) is 0 Å². The molecule has 0 aromatic heterocycles. The lowest BCUT2D eigenvalue weighted by Gasteiger charge is -2.17. The molecule has 1 aromatic rings. The summed E-state index contributed by atoms with van der Waals surface area (Å²) in [5, 5.41) is 10.6. The number of halogens is 1. The number of non-ortho nitro benzene ring substituents is 1. The Balaban J connectivity index is 2.79. The number of nitro groups is 1. The smallest absolute Gasteiger partial charge is 0.270 e. The Hall–Kier alpha value is -1.66. The second-order valence-corrected chi connectivity index (χ2v) is 4.25. The van der Waals surface area contributed by atoms with Crippen molar-refractivity contribution in [1.29, 1.82) is 0 Å². The highest BCUT2D eigenvalue weighted by Gasteiger charge is 2.17. The molecule has 0 aliphatic carbocycles. The third kappa shape index (κ3) is 4.18. The summed E-state index contributed by atoms with van der Waals surface area (Å²) in [6.07, 6.45) is 0. The van der Waals surface area contributed by atoms with Gasteiger partial charge in [-0.25, -0.2) is 0 Å². The van der Waals surface area contributed by atoms with E-state index in [0.717, 1.165) is 0 Å². The van der Waals surface area contributed by atoms with E-state index < -0.39 is 4.92 Å². The second-order valence-electron chi connectivity index (χ2n) is 3.84. The molecule has 0 saturated carbocycles. The maximum atomic E-state index is 12.1. The monoisotopic (exact) mass is 286 g/mol. The predicted octanol–water partition coefficient (Wildman–Crippen LogP) is 2.36. The van der Waals surface area contributed by atoms with Crippen LogP contribution >= 0.6 is 11.6 Å². The van der Waals surface area contributed by atoms with Gasteiger partial charge in [0.25, 0.3) is 11.6 Å². The minimum absolute atomic E-state index is 0.0717. The van der Waals surface area contributed by atoms with Gasteiger partial charge in [-0.15, -0.1) is 0 Å². The molecule has 0 heterocycles. The summed E-state index contributed by atoms with van der Waals surface area (Å²) in [4.78, 5) is 23.5. The van der Waals surface area contributed by atoms with Crippen molar-refractivity contribution < 1.29 is 14.5 Å². The molecule has 1 rings (SSSR count). The van der Waals surface area contributed by atoms with Crippen LogP contribution in [0.15, 0.2) is 18.2 Å². The molecule has 0 fully saturated rings. The summed E-state index contributed by atoms with van der Waals surface area (Å²) in [6, 6.07) is 3.79. The van der Waals surface area contributed by atoms with Crippen LogP contribution in [-0.2, 0) is 4.74 Å². The Morgan fingerprint density at radius 1 is 1.53 bits per heavy atom. The zero-order valence-electron chi connectivity index (χ0n) is 10.8. The molecule has 0 spiro atoms. The standard InChI is InChI=1S/C12H15ClN2O4/c1-3-19-7-6-14(2)12(16)10-5-4-9(15(17)18)8-11(10)13/h4-5,8H,3,6-7H2,1-2H3. The summed E-state index contributed by atoms with van der Waals surface area (Å²) in [7, 11) is 1.62. The first-order valence-electron chi connectivity index (χ1n) is 5.74. The van der Waals surface area contributed by atoms with Crippen molar-refractivity contribution in [3.05, 3.63) is 38.9 Å². The van der Waals surface area contributed by atoms with Crippen molar-refractivity contribution in [2.75, 3.05) is 26.8 Å². The highest BCUT2D eigenvalue weighted by Crippen LogP contribution is 2.23. The van der Waals surface area contributed by atoms with Crippen LogP contribution in [0.5, 0.6) is 0 Å². The lowest BCUT2D eigenvalue weighted by atomic mass is 10.2. The second kappa shape index (κ2) is 7.06. The summed E-state index contributed by atoms with van der Waals surface area (Å²) >= 11 is 5.89. The molecule has 0 aliphatic heterocycles. The van der Waals surface area contributed by atoms with Gasteiger partial charge in [0, 0.05) is 32.3 Å². The molecule has 104 valence electrons. The number of benzene rings is 1. The van der Waals surface area contributed by atoms with Crippen LogP contribution in [0.1, 0.15) is 17.3 Å². The van der Waals surface area contributed by atoms with Crippen LogP contribution in [0.25, 0.3) is 0 Å². The molecule has 0 bridgehead atoms. The van der Waals surface area contributed by atoms with E-state index in [-0.39, 0.29) is 22.2 Å². The van der Waals surface area contributed by atoms with Crippen LogP contribution in [-0.4, -0.2) is 42.5 Å². The quantitative estimate of drug-likeness (QED) is 0.457. The third-order valence-electron chi connectivity index (χ3n) is 2.52. The molecule has 19 heavy (non-hydrogen) atoms. The van der Waals surface area contributed by atoms with Gasteiger partial charge in [-0.05, 0) is 13.0 Å². The van der Waals surface area contributed by atoms with Gasteiger partial charge < -0.3 is 9.64 Å². The molecule has 7 heteroatoms. The minimum Gasteiger partial charge on any atom is -0.380 e. The van der Waals surface area contributed by atoms with Gasteiger partial charge in [-0.3, -0.25) is 14.9 Å². The summed E-state index contributed by atoms with van der Waals surface area (Å²) in [5.41, 5.74) is 0.102. The van der Waals surface area contributed by atoms with Crippen molar-refractivity contribution in [2.45, 2.75) is 6.92 Å². The van der Waals surface area contributed by atoms with E-state index in [0.29, 0.717) is 19.8 Å². The number of hydrogen-bond acceptors (Lipinski definition) is 4. The van der Waals surface area contributed by atoms with Crippen molar-refractivity contribution in [3.8, 4) is 0 Å². The number of rotatable bonds is 6. The third-order valence-corrected chi connectivity index (χ3v) is 2.83. The SMILES string of the molecule is CCOCCN(C)C(=O)c1ccc([N+](=O)[O-])cc1Cl. The van der Waals surface area contributed by atoms with E-state index in [1.165, 1.54) is 23.1 Å². The molecule has 0 atom stereocenters. The molecule has 0 radical (unpaired) electrons. The van der Waals surface area contributed by atoms with E-state index >= 15 is 0 Å². The largest absolute Gasteiger partial charge is 0.380 e. The first-order valence-corrected chi connectivity index (χ1v) is 6.12. The Morgan fingerprint density at radius 3 is 2.74 bits per heavy atom. The Kier molecular flexibility index (Phi) is 5.72. The number of hydrogen-bond donors (Lipinski definition) is 0. The van der Waals surface area contributed by atoms with Crippen LogP contribution in [0.2, 0.25) is 5.02 Å². The van der Waals surface area contributed by atoms with E-state index in [2.05, 4.69) is 0 Å². The predicted molar refractivity (Wildman–Crippen MR) is 71.6 cm³/mol. The highest BCUT2D eigenvalue weighted by molar-refractivity contribution is 6.34. The molecule has 0 N–H and O–H groups in total. The zero-order valence-corrected chi connectivity index (χ0v) is 11.5. The van der Waals surface area contributed by atoms with Crippen molar-refractivity contribution in [1.82, 2.24) is 4.90 Å². The van der Waals surface area contributed by atoms with Gasteiger partial charge in [0.1, 0.15) is 0 Å².